The van der Waals surface area contributed by atoms with Gasteiger partial charge in [-0.2, -0.15) is 0 Å². The number of anilines is 1. The molecule has 0 saturated carbocycles. The summed E-state index contributed by atoms with van der Waals surface area (Å²) >= 11 is 7.72. The van der Waals surface area contributed by atoms with Gasteiger partial charge in [0.05, 0.1) is 5.38 Å². The van der Waals surface area contributed by atoms with Gasteiger partial charge in [0, 0.05) is 13.1 Å². The van der Waals surface area contributed by atoms with Crippen molar-refractivity contribution in [3.8, 4) is 0 Å². The SMILES string of the molecule is Cc1nnc(N2CCCC(Cl)C2)s1. The summed E-state index contributed by atoms with van der Waals surface area (Å²) in [5, 5.41) is 10.4. The van der Waals surface area contributed by atoms with Crippen LogP contribution in [0.3, 0.4) is 0 Å². The van der Waals surface area contributed by atoms with Crippen LogP contribution in [0.15, 0.2) is 0 Å². The minimum Gasteiger partial charge on any atom is -0.345 e. The molecule has 1 fully saturated rings. The smallest absolute Gasteiger partial charge is 0.208 e. The summed E-state index contributed by atoms with van der Waals surface area (Å²) in [5.74, 6) is 0. The molecule has 0 amide bonds. The van der Waals surface area contributed by atoms with E-state index in [1.807, 2.05) is 6.92 Å². The molecule has 72 valence electrons. The van der Waals surface area contributed by atoms with Crippen molar-refractivity contribution < 1.29 is 0 Å². The van der Waals surface area contributed by atoms with Gasteiger partial charge in [-0.25, -0.2) is 0 Å². The molecule has 1 atom stereocenters. The molecule has 2 rings (SSSR count). The first-order valence-electron chi connectivity index (χ1n) is 4.45. The molecule has 1 saturated heterocycles. The third-order valence-corrected chi connectivity index (χ3v) is 3.41. The van der Waals surface area contributed by atoms with E-state index in [-0.39, 0.29) is 5.38 Å². The highest BCUT2D eigenvalue weighted by molar-refractivity contribution is 7.15. The van der Waals surface area contributed by atoms with E-state index in [1.165, 1.54) is 0 Å². The number of piperidine rings is 1. The largest absolute Gasteiger partial charge is 0.345 e. The van der Waals surface area contributed by atoms with Gasteiger partial charge in [-0.3, -0.25) is 0 Å². The van der Waals surface area contributed by atoms with Gasteiger partial charge in [0.25, 0.3) is 0 Å². The van der Waals surface area contributed by atoms with Crippen molar-refractivity contribution >= 4 is 28.1 Å². The fourth-order valence-corrected chi connectivity index (χ4v) is 2.56. The second-order valence-electron chi connectivity index (χ2n) is 3.29. The number of aromatic nitrogens is 2. The number of hydrogen-bond donors (Lipinski definition) is 0. The minimum absolute atomic E-state index is 0.276. The van der Waals surface area contributed by atoms with Gasteiger partial charge in [-0.1, -0.05) is 11.3 Å². The van der Waals surface area contributed by atoms with Crippen LogP contribution in [-0.4, -0.2) is 28.7 Å². The van der Waals surface area contributed by atoms with Gasteiger partial charge in [-0.05, 0) is 19.8 Å². The molecule has 5 heteroatoms. The lowest BCUT2D eigenvalue weighted by atomic mass is 10.1. The Bertz CT molecular complexity index is 289. The van der Waals surface area contributed by atoms with E-state index in [0.717, 1.165) is 36.1 Å². The van der Waals surface area contributed by atoms with Crippen molar-refractivity contribution in [2.45, 2.75) is 25.1 Å². The van der Waals surface area contributed by atoms with Crippen LogP contribution in [0.4, 0.5) is 5.13 Å². The third kappa shape index (κ3) is 2.11. The molecule has 0 aliphatic carbocycles. The molecule has 1 aromatic heterocycles. The molecule has 13 heavy (non-hydrogen) atoms. The van der Waals surface area contributed by atoms with Crippen LogP contribution < -0.4 is 4.90 Å². The fourth-order valence-electron chi connectivity index (χ4n) is 1.51. The van der Waals surface area contributed by atoms with Gasteiger partial charge in [0.1, 0.15) is 5.01 Å². The van der Waals surface area contributed by atoms with Crippen LogP contribution in [0, 0.1) is 6.92 Å². The molecule has 1 aromatic rings. The molecular weight excluding hydrogens is 206 g/mol. The topological polar surface area (TPSA) is 29.0 Å². The van der Waals surface area contributed by atoms with Gasteiger partial charge < -0.3 is 4.90 Å². The van der Waals surface area contributed by atoms with Crippen molar-refractivity contribution in [3.63, 3.8) is 0 Å². The van der Waals surface area contributed by atoms with Crippen LogP contribution >= 0.6 is 22.9 Å². The van der Waals surface area contributed by atoms with Crippen LogP contribution in [0.1, 0.15) is 17.8 Å². The summed E-state index contributed by atoms with van der Waals surface area (Å²) in [6, 6.07) is 0. The quantitative estimate of drug-likeness (QED) is 0.675. The van der Waals surface area contributed by atoms with Crippen molar-refractivity contribution in [2.75, 3.05) is 18.0 Å². The van der Waals surface area contributed by atoms with Crippen molar-refractivity contribution in [3.05, 3.63) is 5.01 Å². The van der Waals surface area contributed by atoms with E-state index < -0.39 is 0 Å². The maximum absolute atomic E-state index is 6.08. The number of hydrogen-bond acceptors (Lipinski definition) is 4. The molecule has 2 heterocycles. The van der Waals surface area contributed by atoms with Crippen LogP contribution in [0.25, 0.3) is 0 Å². The zero-order valence-corrected chi connectivity index (χ0v) is 9.11. The Morgan fingerprint density at radius 3 is 3.00 bits per heavy atom. The second kappa shape index (κ2) is 3.80. The third-order valence-electron chi connectivity index (χ3n) is 2.15. The lowest BCUT2D eigenvalue weighted by Gasteiger charge is -2.28. The van der Waals surface area contributed by atoms with Gasteiger partial charge >= 0.3 is 0 Å². The lowest BCUT2D eigenvalue weighted by Crippen LogP contribution is -2.35. The zero-order valence-electron chi connectivity index (χ0n) is 7.53. The molecular formula is C8H12ClN3S. The molecule has 0 bridgehead atoms. The van der Waals surface area contributed by atoms with Crippen LogP contribution in [0.5, 0.6) is 0 Å². The monoisotopic (exact) mass is 217 g/mol. The molecule has 1 aliphatic rings. The zero-order chi connectivity index (χ0) is 9.26. The maximum Gasteiger partial charge on any atom is 0.208 e. The minimum atomic E-state index is 0.276. The molecule has 0 spiro atoms. The first kappa shape index (κ1) is 9.21. The first-order valence-corrected chi connectivity index (χ1v) is 5.70. The normalized spacial score (nSPS) is 23.5. The summed E-state index contributed by atoms with van der Waals surface area (Å²) in [6.07, 6.45) is 2.28. The number of alkyl halides is 1. The Morgan fingerprint density at radius 1 is 1.54 bits per heavy atom. The fraction of sp³-hybridized carbons (Fsp3) is 0.750. The molecule has 0 aromatic carbocycles. The van der Waals surface area contributed by atoms with Crippen LogP contribution in [-0.2, 0) is 0 Å². The maximum atomic E-state index is 6.08. The Hall–Kier alpha value is -0.350. The van der Waals surface area contributed by atoms with E-state index in [0.29, 0.717) is 0 Å². The van der Waals surface area contributed by atoms with Gasteiger partial charge in [0.2, 0.25) is 5.13 Å². The summed E-state index contributed by atoms with van der Waals surface area (Å²) in [7, 11) is 0. The Labute approximate surface area is 86.7 Å². The predicted octanol–water partition coefficient (Wildman–Crippen LogP) is 2.05. The summed E-state index contributed by atoms with van der Waals surface area (Å²) < 4.78 is 0. The van der Waals surface area contributed by atoms with Crippen molar-refractivity contribution in [2.24, 2.45) is 0 Å². The number of rotatable bonds is 1. The van der Waals surface area contributed by atoms with E-state index in [2.05, 4.69) is 15.1 Å². The molecule has 0 N–H and O–H groups in total. The van der Waals surface area contributed by atoms with Crippen molar-refractivity contribution in [1.82, 2.24) is 10.2 Å². The average Bonchev–Trinajstić information content (AvgIpc) is 2.52. The summed E-state index contributed by atoms with van der Waals surface area (Å²) in [4.78, 5) is 2.23. The highest BCUT2D eigenvalue weighted by Gasteiger charge is 2.20. The Kier molecular flexibility index (Phi) is 2.69. The molecule has 1 unspecified atom stereocenters. The molecule has 1 aliphatic heterocycles. The van der Waals surface area contributed by atoms with E-state index >= 15 is 0 Å². The number of nitrogens with zero attached hydrogens (tertiary/aromatic N) is 3. The van der Waals surface area contributed by atoms with E-state index in [4.69, 9.17) is 11.6 Å². The standard InChI is InChI=1S/C8H12ClN3S/c1-6-10-11-8(13-6)12-4-2-3-7(9)5-12/h7H,2-5H2,1H3. The second-order valence-corrected chi connectivity index (χ2v) is 5.07. The Balaban J connectivity index is 2.08. The summed E-state index contributed by atoms with van der Waals surface area (Å²) in [6.45, 7) is 3.96. The van der Waals surface area contributed by atoms with E-state index in [9.17, 15) is 0 Å². The molecule has 3 nitrogen and oxygen atoms in total. The highest BCUT2D eigenvalue weighted by Crippen LogP contribution is 2.24. The molecule has 0 radical (unpaired) electrons. The predicted molar refractivity (Wildman–Crippen MR) is 55.7 cm³/mol. The number of halogens is 1. The van der Waals surface area contributed by atoms with Crippen LogP contribution in [0.2, 0.25) is 0 Å². The average molecular weight is 218 g/mol. The van der Waals surface area contributed by atoms with Gasteiger partial charge in [0.15, 0.2) is 0 Å². The lowest BCUT2D eigenvalue weighted by molar-refractivity contribution is 0.582. The Morgan fingerprint density at radius 2 is 2.38 bits per heavy atom. The van der Waals surface area contributed by atoms with Crippen molar-refractivity contribution in [1.29, 1.82) is 0 Å². The summed E-state index contributed by atoms with van der Waals surface area (Å²) in [5.41, 5.74) is 0. The van der Waals surface area contributed by atoms with E-state index in [1.54, 1.807) is 11.3 Å². The number of aryl methyl sites for hydroxylation is 1. The highest BCUT2D eigenvalue weighted by atomic mass is 35.5. The first-order chi connectivity index (χ1) is 6.25. The van der Waals surface area contributed by atoms with Gasteiger partial charge in [-0.15, -0.1) is 21.8 Å².